The van der Waals surface area contributed by atoms with Crippen LogP contribution >= 0.6 is 11.1 Å². The fraction of sp³-hybridized carbons (Fsp3) is 0.333. The lowest BCUT2D eigenvalue weighted by Gasteiger charge is -2.19. The molecule has 0 bridgehead atoms. The van der Waals surface area contributed by atoms with Gasteiger partial charge in [-0.05, 0) is 18.3 Å². The van der Waals surface area contributed by atoms with Crippen LogP contribution in [-0.2, 0) is 0 Å². The van der Waals surface area contributed by atoms with E-state index in [2.05, 4.69) is 30.6 Å². The molecule has 0 saturated carbocycles. The highest BCUT2D eigenvalue weighted by Gasteiger charge is 2.25. The molecule has 1 rings (SSSR count). The van der Waals surface area contributed by atoms with Crippen LogP contribution in [-0.4, -0.2) is 14.1 Å². The molecule has 0 aliphatic rings. The third-order valence-electron chi connectivity index (χ3n) is 1.82. The molecular formula is C9H14ClNSi. The van der Waals surface area contributed by atoms with Gasteiger partial charge >= 0.3 is 0 Å². The van der Waals surface area contributed by atoms with Gasteiger partial charge in [0.15, 0.2) is 0 Å². The normalized spacial score (nSPS) is 15.6. The zero-order valence-electron chi connectivity index (χ0n) is 7.47. The van der Waals surface area contributed by atoms with Gasteiger partial charge in [0, 0.05) is 0 Å². The lowest BCUT2D eigenvalue weighted by molar-refractivity contribution is 0.988. The Hall–Kier alpha value is -0.313. The van der Waals surface area contributed by atoms with Crippen LogP contribution in [0.1, 0.15) is 6.92 Å². The van der Waals surface area contributed by atoms with Crippen molar-refractivity contribution in [3.8, 4) is 0 Å². The highest BCUT2D eigenvalue weighted by Crippen LogP contribution is 2.04. The van der Waals surface area contributed by atoms with Gasteiger partial charge in [-0.25, -0.2) is 0 Å². The number of benzene rings is 1. The highest BCUT2D eigenvalue weighted by molar-refractivity contribution is 7.25. The number of hydrogen-bond acceptors (Lipinski definition) is 1. The first-order valence-corrected chi connectivity index (χ1v) is 7.67. The first-order chi connectivity index (χ1) is 5.67. The Bertz CT molecular complexity index is 236. The molecule has 66 valence electrons. The maximum atomic E-state index is 6.39. The van der Waals surface area contributed by atoms with Crippen LogP contribution < -0.4 is 10.2 Å². The molecule has 0 amide bonds. The molecule has 3 heteroatoms. The van der Waals surface area contributed by atoms with Crippen LogP contribution in [0.15, 0.2) is 30.3 Å². The average molecular weight is 200 g/mol. The molecule has 0 aliphatic carbocycles. The number of nitrogens with one attached hydrogen (secondary N) is 1. The maximum Gasteiger partial charge on any atom is 0.254 e. The second-order valence-corrected chi connectivity index (χ2v) is 8.10. The molecule has 0 radical (unpaired) electrons. The minimum Gasteiger partial charge on any atom is -0.322 e. The molecule has 1 aromatic carbocycles. The number of halogens is 1. The average Bonchev–Trinajstić information content (AvgIpc) is 2.06. The van der Waals surface area contributed by atoms with E-state index < -0.39 is 7.55 Å². The predicted octanol–water partition coefficient (Wildman–Crippen LogP) is 1.81. The Morgan fingerprint density at radius 2 is 1.92 bits per heavy atom. The Morgan fingerprint density at radius 3 is 2.42 bits per heavy atom. The van der Waals surface area contributed by atoms with E-state index in [9.17, 15) is 0 Å². The monoisotopic (exact) mass is 199 g/mol. The third kappa shape index (κ3) is 2.34. The summed E-state index contributed by atoms with van der Waals surface area (Å²) in [6.07, 6.45) is 0. The van der Waals surface area contributed by atoms with Gasteiger partial charge in [0.05, 0.1) is 0 Å². The molecule has 0 aromatic heterocycles. The predicted molar refractivity (Wildman–Crippen MR) is 57.2 cm³/mol. The van der Waals surface area contributed by atoms with Crippen molar-refractivity contribution < 1.29 is 0 Å². The van der Waals surface area contributed by atoms with Crippen LogP contribution in [0.2, 0.25) is 6.55 Å². The van der Waals surface area contributed by atoms with Gasteiger partial charge in [-0.2, -0.15) is 0 Å². The summed E-state index contributed by atoms with van der Waals surface area (Å²) in [4.78, 5) is 3.34. The Balaban J connectivity index is 2.82. The van der Waals surface area contributed by atoms with Gasteiger partial charge < -0.3 is 4.98 Å². The van der Waals surface area contributed by atoms with Crippen molar-refractivity contribution in [2.24, 2.45) is 0 Å². The van der Waals surface area contributed by atoms with E-state index in [0.717, 1.165) is 6.54 Å². The van der Waals surface area contributed by atoms with Crippen LogP contribution in [0.4, 0.5) is 0 Å². The molecular weight excluding hydrogens is 186 g/mol. The van der Waals surface area contributed by atoms with Gasteiger partial charge in [0.2, 0.25) is 0 Å². The summed E-state index contributed by atoms with van der Waals surface area (Å²) >= 11 is 6.39. The van der Waals surface area contributed by atoms with Gasteiger partial charge in [-0.3, -0.25) is 0 Å². The summed E-state index contributed by atoms with van der Waals surface area (Å²) < 4.78 is 0. The van der Waals surface area contributed by atoms with Gasteiger partial charge in [0.25, 0.3) is 7.55 Å². The SMILES string of the molecule is CCN[Si](C)(Cl)c1ccccc1. The summed E-state index contributed by atoms with van der Waals surface area (Å²) in [6.45, 7) is 5.12. The van der Waals surface area contributed by atoms with Crippen molar-refractivity contribution in [3.63, 3.8) is 0 Å². The molecule has 12 heavy (non-hydrogen) atoms. The van der Waals surface area contributed by atoms with Crippen molar-refractivity contribution in [3.05, 3.63) is 30.3 Å². The van der Waals surface area contributed by atoms with Crippen LogP contribution in [0.5, 0.6) is 0 Å². The highest BCUT2D eigenvalue weighted by atomic mass is 35.6. The van der Waals surface area contributed by atoms with E-state index in [1.165, 1.54) is 5.19 Å². The molecule has 1 N–H and O–H groups in total. The van der Waals surface area contributed by atoms with E-state index in [0.29, 0.717) is 0 Å². The van der Waals surface area contributed by atoms with Gasteiger partial charge in [0.1, 0.15) is 0 Å². The Kier molecular flexibility index (Phi) is 3.32. The van der Waals surface area contributed by atoms with Gasteiger partial charge in [-0.1, -0.05) is 37.3 Å². The molecule has 1 aromatic rings. The first kappa shape index (κ1) is 9.77. The van der Waals surface area contributed by atoms with Crippen molar-refractivity contribution in [2.75, 3.05) is 6.54 Å². The summed E-state index contributed by atoms with van der Waals surface area (Å²) in [6, 6.07) is 10.2. The molecule has 1 nitrogen and oxygen atoms in total. The molecule has 1 unspecified atom stereocenters. The third-order valence-corrected chi connectivity index (χ3v) is 5.32. The van der Waals surface area contributed by atoms with Crippen molar-refractivity contribution in [1.29, 1.82) is 0 Å². The number of rotatable bonds is 3. The second kappa shape index (κ2) is 4.08. The first-order valence-electron chi connectivity index (χ1n) is 4.16. The largest absolute Gasteiger partial charge is 0.322 e. The van der Waals surface area contributed by atoms with Crippen molar-refractivity contribution in [1.82, 2.24) is 4.98 Å². The van der Waals surface area contributed by atoms with Crippen LogP contribution in [0.25, 0.3) is 0 Å². The smallest absolute Gasteiger partial charge is 0.254 e. The summed E-state index contributed by atoms with van der Waals surface area (Å²) in [7, 11) is -1.86. The number of hydrogen-bond donors (Lipinski definition) is 1. The minimum absolute atomic E-state index is 0.932. The summed E-state index contributed by atoms with van der Waals surface area (Å²) in [5, 5.41) is 1.24. The fourth-order valence-electron chi connectivity index (χ4n) is 1.19. The molecule has 0 spiro atoms. The zero-order chi connectivity index (χ0) is 9.03. The minimum atomic E-state index is -1.86. The molecule has 0 aliphatic heterocycles. The lowest BCUT2D eigenvalue weighted by Crippen LogP contribution is -2.53. The second-order valence-electron chi connectivity index (χ2n) is 2.90. The molecule has 0 heterocycles. The summed E-state index contributed by atoms with van der Waals surface area (Å²) in [5.74, 6) is 0. The molecule has 1 atom stereocenters. The summed E-state index contributed by atoms with van der Waals surface area (Å²) in [5.41, 5.74) is 0. The quantitative estimate of drug-likeness (QED) is 0.579. The van der Waals surface area contributed by atoms with Crippen LogP contribution in [0, 0.1) is 0 Å². The van der Waals surface area contributed by atoms with Crippen molar-refractivity contribution >= 4 is 23.8 Å². The van der Waals surface area contributed by atoms with E-state index in [4.69, 9.17) is 11.1 Å². The molecule has 0 saturated heterocycles. The standard InChI is InChI=1S/C9H14ClNSi/c1-3-11-12(2,10)9-7-5-4-6-8-9/h4-8,11H,3H2,1-2H3. The maximum absolute atomic E-state index is 6.39. The molecule has 0 fully saturated rings. The zero-order valence-corrected chi connectivity index (χ0v) is 9.23. The van der Waals surface area contributed by atoms with E-state index >= 15 is 0 Å². The van der Waals surface area contributed by atoms with Crippen molar-refractivity contribution in [2.45, 2.75) is 13.5 Å². The Labute approximate surface area is 79.5 Å². The fourth-order valence-corrected chi connectivity index (χ4v) is 3.65. The van der Waals surface area contributed by atoms with E-state index in [1.807, 2.05) is 18.2 Å². The van der Waals surface area contributed by atoms with Gasteiger partial charge in [-0.15, -0.1) is 11.1 Å². The topological polar surface area (TPSA) is 12.0 Å². The van der Waals surface area contributed by atoms with E-state index in [-0.39, 0.29) is 0 Å². The van der Waals surface area contributed by atoms with Crippen LogP contribution in [0.3, 0.4) is 0 Å². The lowest BCUT2D eigenvalue weighted by atomic mass is 10.4. The Morgan fingerprint density at radius 1 is 1.33 bits per heavy atom. The van der Waals surface area contributed by atoms with E-state index in [1.54, 1.807) is 0 Å².